The highest BCUT2D eigenvalue weighted by Gasteiger charge is 2.19. The van der Waals surface area contributed by atoms with Gasteiger partial charge in [-0.15, -0.1) is 0 Å². The number of nitrogens with zero attached hydrogens (tertiary/aromatic N) is 1. The van der Waals surface area contributed by atoms with E-state index in [2.05, 4.69) is 30.3 Å². The third-order valence-corrected chi connectivity index (χ3v) is 4.14. The van der Waals surface area contributed by atoms with Crippen LogP contribution in [0, 0.1) is 20.8 Å². The minimum atomic E-state index is -0.876. The molecule has 0 saturated heterocycles. The Morgan fingerprint density at radius 2 is 1.64 bits per heavy atom. The van der Waals surface area contributed by atoms with Gasteiger partial charge >= 0.3 is 5.97 Å². The number of carbonyl (C=O) groups is 1. The summed E-state index contributed by atoms with van der Waals surface area (Å²) in [7, 11) is 0. The molecule has 0 bridgehead atoms. The summed E-state index contributed by atoms with van der Waals surface area (Å²) in [6.07, 6.45) is 0. The Morgan fingerprint density at radius 3 is 2.27 bits per heavy atom. The van der Waals surface area contributed by atoms with Crippen LogP contribution in [-0.4, -0.2) is 15.6 Å². The summed E-state index contributed by atoms with van der Waals surface area (Å²) in [5.41, 5.74) is 5.62. The lowest BCUT2D eigenvalue weighted by Crippen LogP contribution is -2.10. The first kappa shape index (κ1) is 14.4. The zero-order valence-corrected chi connectivity index (χ0v) is 13.1. The Labute approximate surface area is 129 Å². The highest BCUT2D eigenvalue weighted by atomic mass is 16.4. The second kappa shape index (κ2) is 5.34. The summed E-state index contributed by atoms with van der Waals surface area (Å²) in [6.45, 7) is 6.52. The van der Waals surface area contributed by atoms with Gasteiger partial charge in [-0.25, -0.2) is 4.79 Å². The van der Waals surface area contributed by atoms with Gasteiger partial charge in [-0.2, -0.15) is 0 Å². The number of hydrogen-bond donors (Lipinski definition) is 1. The zero-order chi connectivity index (χ0) is 15.9. The largest absolute Gasteiger partial charge is 0.477 e. The zero-order valence-electron chi connectivity index (χ0n) is 13.1. The predicted molar refractivity (Wildman–Crippen MR) is 88.7 cm³/mol. The van der Waals surface area contributed by atoms with Crippen molar-refractivity contribution in [3.05, 3.63) is 70.4 Å². The van der Waals surface area contributed by atoms with Crippen LogP contribution < -0.4 is 0 Å². The van der Waals surface area contributed by atoms with Crippen LogP contribution in [0.25, 0.3) is 10.9 Å². The van der Waals surface area contributed by atoms with Gasteiger partial charge in [0, 0.05) is 17.4 Å². The Bertz CT molecular complexity index is 857. The smallest absolute Gasteiger partial charge is 0.352 e. The second-order valence-electron chi connectivity index (χ2n) is 5.87. The third-order valence-electron chi connectivity index (χ3n) is 4.14. The van der Waals surface area contributed by atoms with E-state index in [0.29, 0.717) is 12.2 Å². The van der Waals surface area contributed by atoms with Gasteiger partial charge in [0.05, 0.1) is 0 Å². The van der Waals surface area contributed by atoms with Crippen molar-refractivity contribution in [1.29, 1.82) is 0 Å². The lowest BCUT2D eigenvalue weighted by molar-refractivity contribution is 0.0685. The number of rotatable bonds is 3. The normalized spacial score (nSPS) is 11.0. The average molecular weight is 293 g/mol. The highest BCUT2D eigenvalue weighted by Crippen LogP contribution is 2.27. The molecule has 0 amide bonds. The number of aryl methyl sites for hydroxylation is 3. The van der Waals surface area contributed by atoms with Crippen LogP contribution in [0.1, 0.15) is 32.7 Å². The molecule has 3 rings (SSSR count). The van der Waals surface area contributed by atoms with Gasteiger partial charge in [-0.05, 0) is 44.0 Å². The molecular weight excluding hydrogens is 274 g/mol. The van der Waals surface area contributed by atoms with Crippen LogP contribution in [0.15, 0.2) is 42.5 Å². The Morgan fingerprint density at radius 1 is 1.00 bits per heavy atom. The van der Waals surface area contributed by atoms with Crippen molar-refractivity contribution in [3.8, 4) is 0 Å². The van der Waals surface area contributed by atoms with E-state index in [0.717, 1.165) is 27.6 Å². The van der Waals surface area contributed by atoms with Gasteiger partial charge in [-0.3, -0.25) is 0 Å². The molecule has 1 N–H and O–H groups in total. The van der Waals surface area contributed by atoms with Crippen LogP contribution in [-0.2, 0) is 6.54 Å². The van der Waals surface area contributed by atoms with Crippen molar-refractivity contribution in [2.75, 3.05) is 0 Å². The molecule has 0 aliphatic heterocycles. The molecule has 0 radical (unpaired) electrons. The van der Waals surface area contributed by atoms with Crippen LogP contribution >= 0.6 is 0 Å². The van der Waals surface area contributed by atoms with E-state index in [1.54, 1.807) is 0 Å². The number of aromatic carboxylic acids is 1. The van der Waals surface area contributed by atoms with E-state index in [1.165, 1.54) is 5.56 Å². The van der Waals surface area contributed by atoms with Crippen molar-refractivity contribution in [2.24, 2.45) is 0 Å². The molecule has 0 fully saturated rings. The highest BCUT2D eigenvalue weighted by molar-refractivity contribution is 5.98. The minimum absolute atomic E-state index is 0.376. The van der Waals surface area contributed by atoms with Gasteiger partial charge in [0.1, 0.15) is 5.69 Å². The van der Waals surface area contributed by atoms with E-state index >= 15 is 0 Å². The van der Waals surface area contributed by atoms with Crippen molar-refractivity contribution in [3.63, 3.8) is 0 Å². The first-order valence-electron chi connectivity index (χ1n) is 7.35. The fraction of sp³-hybridized carbons (Fsp3) is 0.211. The SMILES string of the molecule is Cc1ccc(Cn2c(C(=O)O)c(C)c3cc(C)ccc32)cc1. The lowest BCUT2D eigenvalue weighted by atomic mass is 10.1. The van der Waals surface area contributed by atoms with Crippen molar-refractivity contribution < 1.29 is 9.90 Å². The molecule has 3 heteroatoms. The van der Waals surface area contributed by atoms with E-state index in [4.69, 9.17) is 0 Å². The van der Waals surface area contributed by atoms with Crippen LogP contribution in [0.5, 0.6) is 0 Å². The Hall–Kier alpha value is -2.55. The summed E-state index contributed by atoms with van der Waals surface area (Å²) in [5, 5.41) is 10.6. The Kier molecular flexibility index (Phi) is 3.49. The second-order valence-corrected chi connectivity index (χ2v) is 5.87. The summed E-state index contributed by atoms with van der Waals surface area (Å²) >= 11 is 0. The molecule has 2 aromatic carbocycles. The van der Waals surface area contributed by atoms with Crippen LogP contribution in [0.4, 0.5) is 0 Å². The van der Waals surface area contributed by atoms with E-state index in [-0.39, 0.29) is 0 Å². The molecule has 0 spiro atoms. The summed E-state index contributed by atoms with van der Waals surface area (Å²) in [5.74, 6) is -0.876. The van der Waals surface area contributed by atoms with Gasteiger partial charge in [0.15, 0.2) is 0 Å². The third kappa shape index (κ3) is 2.39. The molecule has 3 aromatic rings. The molecule has 1 aromatic heterocycles. The van der Waals surface area contributed by atoms with E-state index < -0.39 is 5.97 Å². The molecule has 0 aliphatic carbocycles. The lowest BCUT2D eigenvalue weighted by Gasteiger charge is -2.09. The van der Waals surface area contributed by atoms with Gasteiger partial charge in [-0.1, -0.05) is 41.5 Å². The fourth-order valence-electron chi connectivity index (χ4n) is 2.95. The maximum absolute atomic E-state index is 11.7. The fourth-order valence-corrected chi connectivity index (χ4v) is 2.95. The molecule has 0 unspecified atom stereocenters. The van der Waals surface area contributed by atoms with Gasteiger partial charge in [0.25, 0.3) is 0 Å². The summed E-state index contributed by atoms with van der Waals surface area (Å²) in [6, 6.07) is 14.3. The molecule has 0 atom stereocenters. The standard InChI is InChI=1S/C19H19NO2/c1-12-4-7-15(8-5-12)11-20-17-9-6-13(2)10-16(17)14(3)18(20)19(21)22/h4-10H,11H2,1-3H3,(H,21,22). The maximum Gasteiger partial charge on any atom is 0.352 e. The molecule has 3 nitrogen and oxygen atoms in total. The number of carboxylic acid groups (broad SMARTS) is 1. The quantitative estimate of drug-likeness (QED) is 0.781. The number of fused-ring (bicyclic) bond motifs is 1. The molecule has 1 heterocycles. The van der Waals surface area contributed by atoms with E-state index in [9.17, 15) is 9.90 Å². The molecule has 112 valence electrons. The van der Waals surface area contributed by atoms with Gasteiger partial charge in [0.2, 0.25) is 0 Å². The predicted octanol–water partition coefficient (Wildman–Crippen LogP) is 4.31. The van der Waals surface area contributed by atoms with Crippen molar-refractivity contribution in [1.82, 2.24) is 4.57 Å². The summed E-state index contributed by atoms with van der Waals surface area (Å²) in [4.78, 5) is 11.7. The number of benzene rings is 2. The van der Waals surface area contributed by atoms with Crippen molar-refractivity contribution >= 4 is 16.9 Å². The monoisotopic (exact) mass is 293 g/mol. The molecule has 0 saturated carbocycles. The van der Waals surface area contributed by atoms with Gasteiger partial charge < -0.3 is 9.67 Å². The van der Waals surface area contributed by atoms with Crippen molar-refractivity contribution in [2.45, 2.75) is 27.3 Å². The number of hydrogen-bond acceptors (Lipinski definition) is 1. The Balaban J connectivity index is 2.20. The van der Waals surface area contributed by atoms with Crippen LogP contribution in [0.3, 0.4) is 0 Å². The summed E-state index contributed by atoms with van der Waals surface area (Å²) < 4.78 is 1.90. The molecule has 0 aliphatic rings. The first-order chi connectivity index (χ1) is 10.5. The van der Waals surface area contributed by atoms with E-state index in [1.807, 2.05) is 37.5 Å². The number of carboxylic acids is 1. The first-order valence-corrected chi connectivity index (χ1v) is 7.35. The molecule has 22 heavy (non-hydrogen) atoms. The molecular formula is C19H19NO2. The number of aromatic nitrogens is 1. The minimum Gasteiger partial charge on any atom is -0.477 e. The average Bonchev–Trinajstić information content (AvgIpc) is 2.74. The topological polar surface area (TPSA) is 42.2 Å². The van der Waals surface area contributed by atoms with Crippen LogP contribution in [0.2, 0.25) is 0 Å². The maximum atomic E-state index is 11.7.